The Morgan fingerprint density at radius 2 is 2.00 bits per heavy atom. The third-order valence-electron chi connectivity index (χ3n) is 3.06. The van der Waals surface area contributed by atoms with Gasteiger partial charge < -0.3 is 14.6 Å². The Kier molecular flexibility index (Phi) is 4.42. The van der Waals surface area contributed by atoms with Crippen molar-refractivity contribution in [2.45, 2.75) is 13.5 Å². The Hall–Kier alpha value is -2.56. The zero-order chi connectivity index (χ0) is 15.4. The van der Waals surface area contributed by atoms with Gasteiger partial charge in [0.1, 0.15) is 23.9 Å². The van der Waals surface area contributed by atoms with E-state index in [-0.39, 0.29) is 18.0 Å². The van der Waals surface area contributed by atoms with Gasteiger partial charge in [-0.3, -0.25) is 0 Å². The lowest BCUT2D eigenvalue weighted by Gasteiger charge is -2.11. The van der Waals surface area contributed by atoms with Crippen LogP contribution in [0.3, 0.4) is 0 Å². The Morgan fingerprint density at radius 1 is 1.24 bits per heavy atom. The molecule has 2 rings (SSSR count). The van der Waals surface area contributed by atoms with Crippen molar-refractivity contribution in [3.05, 3.63) is 58.9 Å². The van der Waals surface area contributed by atoms with Gasteiger partial charge in [0.05, 0.1) is 12.7 Å². The van der Waals surface area contributed by atoms with Crippen LogP contribution in [0.1, 0.15) is 21.5 Å². The molecule has 0 atom stereocenters. The van der Waals surface area contributed by atoms with Gasteiger partial charge in [-0.15, -0.1) is 0 Å². The van der Waals surface area contributed by atoms with Gasteiger partial charge in [-0.1, -0.05) is 6.07 Å². The molecule has 0 unspecified atom stereocenters. The van der Waals surface area contributed by atoms with Gasteiger partial charge in [-0.25, -0.2) is 9.18 Å². The summed E-state index contributed by atoms with van der Waals surface area (Å²) in [6.07, 6.45) is 0. The van der Waals surface area contributed by atoms with Crippen LogP contribution in [0.5, 0.6) is 11.5 Å². The fraction of sp³-hybridized carbons (Fsp3) is 0.188. The summed E-state index contributed by atoms with van der Waals surface area (Å²) in [5.41, 5.74) is 1.26. The van der Waals surface area contributed by atoms with Gasteiger partial charge >= 0.3 is 5.97 Å². The first-order valence-electron chi connectivity index (χ1n) is 6.30. The number of carbonyl (C=O) groups is 1. The maximum atomic E-state index is 13.4. The summed E-state index contributed by atoms with van der Waals surface area (Å²) in [5, 5.41) is 8.99. The average molecular weight is 290 g/mol. The number of methoxy groups -OCH3 is 1. The van der Waals surface area contributed by atoms with Crippen LogP contribution in [0, 0.1) is 12.7 Å². The first kappa shape index (κ1) is 14.8. The molecule has 0 bridgehead atoms. The SMILES string of the molecule is COc1ccc(C(=O)O)cc1COc1ccc(C)c(F)c1. The summed E-state index contributed by atoms with van der Waals surface area (Å²) in [4.78, 5) is 11.0. The van der Waals surface area contributed by atoms with Crippen LogP contribution >= 0.6 is 0 Å². The molecule has 4 nitrogen and oxygen atoms in total. The maximum absolute atomic E-state index is 13.4. The minimum atomic E-state index is -1.03. The van der Waals surface area contributed by atoms with E-state index in [1.807, 2.05) is 0 Å². The number of rotatable bonds is 5. The Bertz CT molecular complexity index is 667. The van der Waals surface area contributed by atoms with E-state index in [0.29, 0.717) is 22.6 Å². The van der Waals surface area contributed by atoms with Crippen molar-refractivity contribution in [1.82, 2.24) is 0 Å². The summed E-state index contributed by atoms with van der Waals surface area (Å²) < 4.78 is 24.1. The van der Waals surface area contributed by atoms with Gasteiger partial charge in [0, 0.05) is 11.6 Å². The standard InChI is InChI=1S/C16H15FO4/c1-10-3-5-13(8-14(10)17)21-9-12-7-11(16(18)19)4-6-15(12)20-2/h3-8H,9H2,1-2H3,(H,18,19). The summed E-state index contributed by atoms with van der Waals surface area (Å²) in [6, 6.07) is 9.07. The molecule has 0 aromatic heterocycles. The number of carboxylic acids is 1. The van der Waals surface area contributed by atoms with Gasteiger partial charge in [-0.2, -0.15) is 0 Å². The number of aryl methyl sites for hydroxylation is 1. The Labute approximate surface area is 121 Å². The number of hydrogen-bond donors (Lipinski definition) is 1. The predicted octanol–water partition coefficient (Wildman–Crippen LogP) is 3.42. The molecule has 0 saturated carbocycles. The van der Waals surface area contributed by atoms with Crippen LogP contribution < -0.4 is 9.47 Å². The highest BCUT2D eigenvalue weighted by Crippen LogP contribution is 2.23. The molecule has 0 fully saturated rings. The number of carboxylic acid groups (broad SMARTS) is 1. The van der Waals surface area contributed by atoms with Crippen molar-refractivity contribution in [2.24, 2.45) is 0 Å². The maximum Gasteiger partial charge on any atom is 0.335 e. The summed E-state index contributed by atoms with van der Waals surface area (Å²) in [6.45, 7) is 1.76. The van der Waals surface area contributed by atoms with Crippen LogP contribution in [0.2, 0.25) is 0 Å². The Morgan fingerprint density at radius 3 is 2.62 bits per heavy atom. The number of benzene rings is 2. The zero-order valence-electron chi connectivity index (χ0n) is 11.7. The van der Waals surface area contributed by atoms with Gasteiger partial charge in [0.15, 0.2) is 0 Å². The molecule has 0 radical (unpaired) electrons. The third kappa shape index (κ3) is 3.51. The second-order valence-electron chi connectivity index (χ2n) is 4.53. The molecule has 21 heavy (non-hydrogen) atoms. The molecule has 110 valence electrons. The van der Waals surface area contributed by atoms with Crippen molar-refractivity contribution in [2.75, 3.05) is 7.11 Å². The molecular formula is C16H15FO4. The van der Waals surface area contributed by atoms with E-state index >= 15 is 0 Å². The lowest BCUT2D eigenvalue weighted by atomic mass is 10.1. The lowest BCUT2D eigenvalue weighted by Crippen LogP contribution is -2.03. The number of aromatic carboxylic acids is 1. The van der Waals surface area contributed by atoms with E-state index in [4.69, 9.17) is 14.6 Å². The molecule has 0 heterocycles. The monoisotopic (exact) mass is 290 g/mol. The normalized spacial score (nSPS) is 10.2. The molecule has 2 aromatic rings. The quantitative estimate of drug-likeness (QED) is 0.916. The first-order valence-corrected chi connectivity index (χ1v) is 6.30. The number of hydrogen-bond acceptors (Lipinski definition) is 3. The number of halogens is 1. The van der Waals surface area contributed by atoms with Crippen LogP contribution in [0.25, 0.3) is 0 Å². The van der Waals surface area contributed by atoms with Crippen LogP contribution in [0.15, 0.2) is 36.4 Å². The second kappa shape index (κ2) is 6.26. The molecule has 5 heteroatoms. The smallest absolute Gasteiger partial charge is 0.335 e. The molecule has 1 N–H and O–H groups in total. The van der Waals surface area contributed by atoms with Gasteiger partial charge in [0.2, 0.25) is 0 Å². The van der Waals surface area contributed by atoms with E-state index < -0.39 is 5.97 Å². The van der Waals surface area contributed by atoms with Gasteiger partial charge in [-0.05, 0) is 36.8 Å². The minimum absolute atomic E-state index is 0.0901. The average Bonchev–Trinajstić information content (AvgIpc) is 2.48. The van der Waals surface area contributed by atoms with Crippen molar-refractivity contribution in [3.8, 4) is 11.5 Å². The second-order valence-corrected chi connectivity index (χ2v) is 4.53. The van der Waals surface area contributed by atoms with Crippen molar-refractivity contribution in [3.63, 3.8) is 0 Å². The molecule has 0 aliphatic carbocycles. The lowest BCUT2D eigenvalue weighted by molar-refractivity contribution is 0.0696. The zero-order valence-corrected chi connectivity index (χ0v) is 11.7. The van der Waals surface area contributed by atoms with Gasteiger partial charge in [0.25, 0.3) is 0 Å². The number of ether oxygens (including phenoxy) is 2. The summed E-state index contributed by atoms with van der Waals surface area (Å²) >= 11 is 0. The van der Waals surface area contributed by atoms with Crippen LogP contribution in [-0.2, 0) is 6.61 Å². The summed E-state index contributed by atoms with van der Waals surface area (Å²) in [5.74, 6) is -0.479. The summed E-state index contributed by atoms with van der Waals surface area (Å²) in [7, 11) is 1.49. The fourth-order valence-corrected chi connectivity index (χ4v) is 1.85. The van der Waals surface area contributed by atoms with Crippen LogP contribution in [0.4, 0.5) is 4.39 Å². The highest BCUT2D eigenvalue weighted by atomic mass is 19.1. The van der Waals surface area contributed by atoms with Crippen molar-refractivity contribution in [1.29, 1.82) is 0 Å². The molecule has 0 spiro atoms. The molecule has 0 aliphatic rings. The molecule has 0 saturated heterocycles. The fourth-order valence-electron chi connectivity index (χ4n) is 1.85. The third-order valence-corrected chi connectivity index (χ3v) is 3.06. The van der Waals surface area contributed by atoms with Crippen molar-refractivity contribution < 1.29 is 23.8 Å². The van der Waals surface area contributed by atoms with E-state index in [2.05, 4.69) is 0 Å². The predicted molar refractivity (Wildman–Crippen MR) is 75.4 cm³/mol. The molecular weight excluding hydrogens is 275 g/mol. The molecule has 2 aromatic carbocycles. The van der Waals surface area contributed by atoms with Crippen LogP contribution in [-0.4, -0.2) is 18.2 Å². The Balaban J connectivity index is 2.19. The van der Waals surface area contributed by atoms with E-state index in [1.165, 1.54) is 25.3 Å². The van der Waals surface area contributed by atoms with Crippen molar-refractivity contribution >= 4 is 5.97 Å². The first-order chi connectivity index (χ1) is 10.0. The van der Waals surface area contributed by atoms with E-state index in [0.717, 1.165) is 0 Å². The van der Waals surface area contributed by atoms with E-state index in [9.17, 15) is 9.18 Å². The minimum Gasteiger partial charge on any atom is -0.496 e. The molecule has 0 amide bonds. The highest BCUT2D eigenvalue weighted by Gasteiger charge is 2.10. The topological polar surface area (TPSA) is 55.8 Å². The highest BCUT2D eigenvalue weighted by molar-refractivity contribution is 5.88. The molecule has 0 aliphatic heterocycles. The van der Waals surface area contributed by atoms with E-state index in [1.54, 1.807) is 25.1 Å². The largest absolute Gasteiger partial charge is 0.496 e.